The van der Waals surface area contributed by atoms with Crippen LogP contribution >= 0.6 is 0 Å². The second-order valence-corrected chi connectivity index (χ2v) is 8.10. The quantitative estimate of drug-likeness (QED) is 0.835. The van der Waals surface area contributed by atoms with E-state index in [-0.39, 0.29) is 23.9 Å². The van der Waals surface area contributed by atoms with Gasteiger partial charge < -0.3 is 14.9 Å². The van der Waals surface area contributed by atoms with E-state index in [1.807, 2.05) is 12.1 Å². The van der Waals surface area contributed by atoms with Crippen LogP contribution in [-0.4, -0.2) is 22.8 Å². The van der Waals surface area contributed by atoms with E-state index in [4.69, 9.17) is 4.74 Å². The molecule has 4 rings (SSSR count). The van der Waals surface area contributed by atoms with Gasteiger partial charge in [0.05, 0.1) is 6.61 Å². The van der Waals surface area contributed by atoms with E-state index in [0.717, 1.165) is 38.5 Å². The highest BCUT2D eigenvalue weighted by molar-refractivity contribution is 5.45. The van der Waals surface area contributed by atoms with Crippen LogP contribution in [0.3, 0.4) is 0 Å². The summed E-state index contributed by atoms with van der Waals surface area (Å²) in [7, 11) is 0. The molecule has 1 aromatic rings. The van der Waals surface area contributed by atoms with E-state index < -0.39 is 0 Å². The molecular weight excluding hydrogens is 304 g/mol. The third-order valence-electron chi connectivity index (χ3n) is 7.23. The fourth-order valence-electron chi connectivity index (χ4n) is 6.02. The molecule has 5 atom stereocenters. The van der Waals surface area contributed by atoms with E-state index in [2.05, 4.69) is 6.92 Å². The lowest BCUT2D eigenvalue weighted by atomic mass is 9.55. The minimum atomic E-state index is -0.118. The lowest BCUT2D eigenvalue weighted by molar-refractivity contribution is -0.141. The number of aryl methyl sites for hydroxylation is 1. The maximum absolute atomic E-state index is 10.9. The van der Waals surface area contributed by atoms with Gasteiger partial charge in [0, 0.05) is 11.0 Å². The molecule has 130 valence electrons. The van der Waals surface area contributed by atoms with E-state index in [9.17, 15) is 15.0 Å². The molecule has 4 heteroatoms. The summed E-state index contributed by atoms with van der Waals surface area (Å²) >= 11 is 0. The SMILES string of the molecule is C[C@]12CC[C@@H]3c4cc(CO)c(O)cc4CC[C@H]3[C@@H]1CC[C@@H]2OC=O. The molecule has 0 radical (unpaired) electrons. The topological polar surface area (TPSA) is 66.8 Å². The fourth-order valence-corrected chi connectivity index (χ4v) is 6.02. The smallest absolute Gasteiger partial charge is 0.293 e. The van der Waals surface area contributed by atoms with Crippen molar-refractivity contribution in [2.45, 2.75) is 64.1 Å². The largest absolute Gasteiger partial charge is 0.508 e. The highest BCUT2D eigenvalue weighted by Gasteiger charge is 2.55. The van der Waals surface area contributed by atoms with Gasteiger partial charge in [-0.15, -0.1) is 0 Å². The van der Waals surface area contributed by atoms with Gasteiger partial charge in [-0.25, -0.2) is 0 Å². The van der Waals surface area contributed by atoms with Crippen molar-refractivity contribution in [2.24, 2.45) is 17.3 Å². The standard InChI is InChI=1S/C20H26O4/c1-20-7-6-14-15(17(20)4-5-19(20)24-11-22)3-2-12-9-18(23)13(10-21)8-16(12)14/h8-9,11,14-15,17,19,21,23H,2-7,10H2,1H3/t14-,15+,17-,19-,20-/m0/s1. The summed E-state index contributed by atoms with van der Waals surface area (Å²) in [5.41, 5.74) is 3.32. The Morgan fingerprint density at radius 3 is 2.88 bits per heavy atom. The van der Waals surface area contributed by atoms with Gasteiger partial charge in [-0.1, -0.05) is 6.92 Å². The first-order valence-corrected chi connectivity index (χ1v) is 9.13. The number of carbonyl (C=O) groups is 1. The first kappa shape index (κ1) is 15.9. The van der Waals surface area contributed by atoms with Crippen molar-refractivity contribution in [1.82, 2.24) is 0 Å². The molecule has 24 heavy (non-hydrogen) atoms. The predicted molar refractivity (Wildman–Crippen MR) is 89.6 cm³/mol. The predicted octanol–water partition coefficient (Wildman–Crippen LogP) is 3.28. The highest BCUT2D eigenvalue weighted by Crippen LogP contribution is 2.61. The van der Waals surface area contributed by atoms with Crippen LogP contribution in [0, 0.1) is 17.3 Å². The van der Waals surface area contributed by atoms with Crippen molar-refractivity contribution in [1.29, 1.82) is 0 Å². The van der Waals surface area contributed by atoms with Crippen molar-refractivity contribution >= 4 is 6.47 Å². The molecule has 0 amide bonds. The van der Waals surface area contributed by atoms with Crippen molar-refractivity contribution in [3.05, 3.63) is 28.8 Å². The first-order chi connectivity index (χ1) is 11.6. The Balaban J connectivity index is 1.67. The van der Waals surface area contributed by atoms with E-state index in [1.165, 1.54) is 11.1 Å². The fraction of sp³-hybridized carbons (Fsp3) is 0.650. The molecule has 3 aliphatic carbocycles. The van der Waals surface area contributed by atoms with E-state index in [0.29, 0.717) is 29.8 Å². The van der Waals surface area contributed by atoms with Gasteiger partial charge in [-0.2, -0.15) is 0 Å². The summed E-state index contributed by atoms with van der Waals surface area (Å²) in [6, 6.07) is 3.89. The van der Waals surface area contributed by atoms with Crippen LogP contribution < -0.4 is 0 Å². The number of ether oxygens (including phenoxy) is 1. The summed E-state index contributed by atoms with van der Waals surface area (Å²) in [4.78, 5) is 10.9. The van der Waals surface area contributed by atoms with E-state index >= 15 is 0 Å². The minimum Gasteiger partial charge on any atom is -0.508 e. The lowest BCUT2D eigenvalue weighted by Crippen LogP contribution is -2.44. The molecule has 2 fully saturated rings. The number of hydrogen-bond donors (Lipinski definition) is 2. The Kier molecular flexibility index (Phi) is 3.83. The Hall–Kier alpha value is -1.55. The number of rotatable bonds is 3. The number of carbonyl (C=O) groups excluding carboxylic acids is 1. The number of benzene rings is 1. The van der Waals surface area contributed by atoms with Crippen molar-refractivity contribution in [2.75, 3.05) is 0 Å². The molecule has 0 aliphatic heterocycles. The average molecular weight is 330 g/mol. The lowest BCUT2D eigenvalue weighted by Gasteiger charge is -2.50. The maximum atomic E-state index is 10.9. The molecular formula is C20H26O4. The molecule has 4 nitrogen and oxygen atoms in total. The van der Waals surface area contributed by atoms with Crippen molar-refractivity contribution in [3.8, 4) is 5.75 Å². The second kappa shape index (κ2) is 5.76. The van der Waals surface area contributed by atoms with Crippen molar-refractivity contribution in [3.63, 3.8) is 0 Å². The molecule has 0 bridgehead atoms. The molecule has 0 heterocycles. The van der Waals surface area contributed by atoms with Gasteiger partial charge in [0.2, 0.25) is 0 Å². The number of aromatic hydroxyl groups is 1. The van der Waals surface area contributed by atoms with Gasteiger partial charge in [-0.05, 0) is 79.5 Å². The number of hydrogen-bond acceptors (Lipinski definition) is 4. The number of fused-ring (bicyclic) bond motifs is 5. The Labute approximate surface area is 142 Å². The third-order valence-corrected chi connectivity index (χ3v) is 7.23. The van der Waals surface area contributed by atoms with Crippen LogP contribution in [0.1, 0.15) is 61.6 Å². The Bertz CT molecular complexity index is 655. The van der Waals surface area contributed by atoms with Gasteiger partial charge in [0.15, 0.2) is 0 Å². The third kappa shape index (κ3) is 2.19. The van der Waals surface area contributed by atoms with Crippen LogP contribution in [0.15, 0.2) is 12.1 Å². The van der Waals surface area contributed by atoms with E-state index in [1.54, 1.807) is 0 Å². The molecule has 1 aromatic carbocycles. The Morgan fingerprint density at radius 1 is 1.29 bits per heavy atom. The number of aliphatic hydroxyl groups is 1. The van der Waals surface area contributed by atoms with Gasteiger partial charge in [0.1, 0.15) is 11.9 Å². The van der Waals surface area contributed by atoms with Crippen molar-refractivity contribution < 1.29 is 19.7 Å². The molecule has 0 aromatic heterocycles. The molecule has 0 unspecified atom stereocenters. The number of aliphatic hydroxyl groups excluding tert-OH is 1. The normalized spacial score (nSPS) is 37.2. The summed E-state index contributed by atoms with van der Waals surface area (Å²) in [5.74, 6) is 1.94. The van der Waals surface area contributed by atoms with Gasteiger partial charge in [-0.3, -0.25) is 4.79 Å². The molecule has 3 aliphatic rings. The zero-order valence-electron chi connectivity index (χ0n) is 14.2. The van der Waals surface area contributed by atoms with Crippen LogP contribution in [0.5, 0.6) is 5.75 Å². The summed E-state index contributed by atoms with van der Waals surface area (Å²) in [5, 5.41) is 19.5. The van der Waals surface area contributed by atoms with Gasteiger partial charge >= 0.3 is 0 Å². The number of phenols is 1. The molecule has 0 spiro atoms. The first-order valence-electron chi connectivity index (χ1n) is 9.13. The second-order valence-electron chi connectivity index (χ2n) is 8.10. The highest BCUT2D eigenvalue weighted by atomic mass is 16.5. The maximum Gasteiger partial charge on any atom is 0.293 e. The summed E-state index contributed by atoms with van der Waals surface area (Å²) in [6.45, 7) is 2.81. The van der Waals surface area contributed by atoms with Crippen LogP contribution in [0.4, 0.5) is 0 Å². The monoisotopic (exact) mass is 330 g/mol. The summed E-state index contributed by atoms with van der Waals surface area (Å²) < 4.78 is 5.43. The zero-order chi connectivity index (χ0) is 16.9. The zero-order valence-corrected chi connectivity index (χ0v) is 14.2. The summed E-state index contributed by atoms with van der Waals surface area (Å²) in [6.07, 6.45) is 6.48. The minimum absolute atomic E-state index is 0.0650. The van der Waals surface area contributed by atoms with Crippen LogP contribution in [-0.2, 0) is 22.6 Å². The molecule has 0 saturated heterocycles. The Morgan fingerprint density at radius 2 is 2.12 bits per heavy atom. The van der Waals surface area contributed by atoms with Crippen LogP contribution in [0.25, 0.3) is 0 Å². The molecule has 2 saturated carbocycles. The average Bonchev–Trinajstić information content (AvgIpc) is 2.91. The molecule has 2 N–H and O–H groups in total. The van der Waals surface area contributed by atoms with Gasteiger partial charge in [0.25, 0.3) is 6.47 Å². The van der Waals surface area contributed by atoms with Crippen LogP contribution in [0.2, 0.25) is 0 Å².